The Bertz CT molecular complexity index is 482. The van der Waals surface area contributed by atoms with Gasteiger partial charge in [-0.1, -0.05) is 19.1 Å². The van der Waals surface area contributed by atoms with Gasteiger partial charge in [-0.2, -0.15) is 0 Å². The molecule has 2 rings (SSSR count). The number of nitrogens with one attached hydrogen (secondary N) is 1. The van der Waals surface area contributed by atoms with Crippen molar-refractivity contribution >= 4 is 6.08 Å². The molecule has 1 aromatic carbocycles. The maximum absolute atomic E-state index is 5.83. The zero-order valence-corrected chi connectivity index (χ0v) is 12.9. The van der Waals surface area contributed by atoms with Crippen LogP contribution in [0.2, 0.25) is 0 Å². The molecule has 3 nitrogen and oxygen atoms in total. The molecule has 1 N–H and O–H groups in total. The van der Waals surface area contributed by atoms with Crippen molar-refractivity contribution in [3.8, 4) is 11.5 Å². The zero-order valence-electron chi connectivity index (χ0n) is 12.9. The lowest BCUT2D eigenvalue weighted by Crippen LogP contribution is -2.22. The van der Waals surface area contributed by atoms with Crippen molar-refractivity contribution in [1.29, 1.82) is 0 Å². The first-order chi connectivity index (χ1) is 9.63. The van der Waals surface area contributed by atoms with Crippen molar-refractivity contribution in [3.05, 3.63) is 29.3 Å². The van der Waals surface area contributed by atoms with Crippen LogP contribution in [0.25, 0.3) is 6.08 Å². The van der Waals surface area contributed by atoms with E-state index in [1.54, 1.807) is 0 Å². The Morgan fingerprint density at radius 3 is 2.95 bits per heavy atom. The van der Waals surface area contributed by atoms with Gasteiger partial charge < -0.3 is 14.8 Å². The number of rotatable bonds is 6. The second kappa shape index (κ2) is 6.80. The molecule has 2 unspecified atom stereocenters. The molecule has 110 valence electrons. The van der Waals surface area contributed by atoms with Crippen LogP contribution in [0, 0.1) is 0 Å². The average molecular weight is 275 g/mol. The minimum Gasteiger partial charge on any atom is -0.493 e. The summed E-state index contributed by atoms with van der Waals surface area (Å²) in [5, 5.41) is 3.37. The number of hydrogen-bond acceptors (Lipinski definition) is 3. The Labute approximate surface area is 122 Å². The Kier molecular flexibility index (Phi) is 5.07. The quantitative estimate of drug-likeness (QED) is 0.863. The fourth-order valence-corrected chi connectivity index (χ4v) is 2.50. The van der Waals surface area contributed by atoms with E-state index in [0.29, 0.717) is 12.6 Å². The zero-order chi connectivity index (χ0) is 14.5. The van der Waals surface area contributed by atoms with Gasteiger partial charge in [-0.15, -0.1) is 0 Å². The van der Waals surface area contributed by atoms with E-state index in [-0.39, 0.29) is 6.10 Å². The third-order valence-electron chi connectivity index (χ3n) is 3.42. The lowest BCUT2D eigenvalue weighted by atomic mass is 10.1. The first-order valence-electron chi connectivity index (χ1n) is 7.52. The predicted octanol–water partition coefficient (Wildman–Crippen LogP) is 3.42. The first kappa shape index (κ1) is 14.9. The van der Waals surface area contributed by atoms with Crippen molar-refractivity contribution in [2.24, 2.45) is 0 Å². The van der Waals surface area contributed by atoms with Crippen LogP contribution >= 0.6 is 0 Å². The number of hydrogen-bond donors (Lipinski definition) is 1. The first-order valence-corrected chi connectivity index (χ1v) is 7.52. The highest BCUT2D eigenvalue weighted by Gasteiger charge is 2.21. The third kappa shape index (κ3) is 3.54. The van der Waals surface area contributed by atoms with Gasteiger partial charge in [-0.3, -0.25) is 0 Å². The molecule has 0 radical (unpaired) electrons. The summed E-state index contributed by atoms with van der Waals surface area (Å²) in [5.41, 5.74) is 2.34. The highest BCUT2D eigenvalue weighted by Crippen LogP contribution is 2.35. The summed E-state index contributed by atoms with van der Waals surface area (Å²) in [7, 11) is 0. The Balaban J connectivity index is 2.24. The molecule has 20 heavy (non-hydrogen) atoms. The fourth-order valence-electron chi connectivity index (χ4n) is 2.50. The van der Waals surface area contributed by atoms with Gasteiger partial charge in [0.15, 0.2) is 0 Å². The van der Waals surface area contributed by atoms with Gasteiger partial charge in [0, 0.05) is 23.6 Å². The molecule has 0 fully saturated rings. The lowest BCUT2D eigenvalue weighted by molar-refractivity contribution is 0.254. The minimum absolute atomic E-state index is 0.263. The molecule has 0 aromatic heterocycles. The van der Waals surface area contributed by atoms with E-state index >= 15 is 0 Å². The van der Waals surface area contributed by atoms with Crippen molar-refractivity contribution < 1.29 is 9.47 Å². The van der Waals surface area contributed by atoms with Crippen molar-refractivity contribution in [3.63, 3.8) is 0 Å². The van der Waals surface area contributed by atoms with Crippen molar-refractivity contribution in [2.75, 3.05) is 13.2 Å². The molecule has 2 atom stereocenters. The molecule has 1 aliphatic heterocycles. The van der Waals surface area contributed by atoms with E-state index < -0.39 is 0 Å². The number of likely N-dealkylation sites (N-methyl/N-ethyl adjacent to an activating group) is 1. The van der Waals surface area contributed by atoms with Crippen molar-refractivity contribution in [1.82, 2.24) is 5.32 Å². The molecule has 0 bridgehead atoms. The van der Waals surface area contributed by atoms with Crippen LogP contribution in [0.5, 0.6) is 11.5 Å². The molecule has 1 aromatic rings. The van der Waals surface area contributed by atoms with Gasteiger partial charge in [-0.05, 0) is 39.4 Å². The fraction of sp³-hybridized carbons (Fsp3) is 0.529. The smallest absolute Gasteiger partial charge is 0.127 e. The third-order valence-corrected chi connectivity index (χ3v) is 3.42. The standard InChI is InChI=1S/C17H25NO2/c1-5-18-12(3)7-8-14-10-17-15(9-13(4)20-17)11-16(14)19-6-2/h7-8,10-13,18H,5-6,9H2,1-4H3/b8-7+. The van der Waals surface area contributed by atoms with E-state index in [2.05, 4.69) is 50.4 Å². The predicted molar refractivity (Wildman–Crippen MR) is 83.6 cm³/mol. The van der Waals surface area contributed by atoms with Crippen LogP contribution in [0.1, 0.15) is 38.8 Å². The summed E-state index contributed by atoms with van der Waals surface area (Å²) in [6, 6.07) is 4.57. The largest absolute Gasteiger partial charge is 0.493 e. The molecule has 0 spiro atoms. The van der Waals surface area contributed by atoms with Crippen LogP contribution in [0.4, 0.5) is 0 Å². The molecule has 3 heteroatoms. The van der Waals surface area contributed by atoms with Gasteiger partial charge in [0.25, 0.3) is 0 Å². The van der Waals surface area contributed by atoms with Crippen LogP contribution < -0.4 is 14.8 Å². The maximum atomic E-state index is 5.83. The van der Waals surface area contributed by atoms with E-state index in [0.717, 1.165) is 30.0 Å². The van der Waals surface area contributed by atoms with Gasteiger partial charge in [-0.25, -0.2) is 0 Å². The second-order valence-electron chi connectivity index (χ2n) is 5.27. The molecule has 0 saturated heterocycles. The van der Waals surface area contributed by atoms with Crippen LogP contribution in [0.15, 0.2) is 18.2 Å². The summed E-state index contributed by atoms with van der Waals surface area (Å²) in [6.07, 6.45) is 5.50. The SMILES string of the molecule is CCNC(C)/C=C/c1cc2c(cc1OCC)CC(C)O2. The van der Waals surface area contributed by atoms with Crippen LogP contribution in [0.3, 0.4) is 0 Å². The van der Waals surface area contributed by atoms with Crippen LogP contribution in [-0.4, -0.2) is 25.3 Å². The molecule has 0 aliphatic carbocycles. The van der Waals surface area contributed by atoms with Gasteiger partial charge in [0.05, 0.1) is 6.61 Å². The highest BCUT2D eigenvalue weighted by atomic mass is 16.5. The monoisotopic (exact) mass is 275 g/mol. The second-order valence-corrected chi connectivity index (χ2v) is 5.27. The Hall–Kier alpha value is -1.48. The van der Waals surface area contributed by atoms with Crippen LogP contribution in [-0.2, 0) is 6.42 Å². The Morgan fingerprint density at radius 1 is 1.45 bits per heavy atom. The molecule has 0 amide bonds. The number of ether oxygens (including phenoxy) is 2. The summed E-state index contributed by atoms with van der Waals surface area (Å²) >= 11 is 0. The highest BCUT2D eigenvalue weighted by molar-refractivity contribution is 5.62. The molecule has 1 aliphatic rings. The summed E-state index contributed by atoms with van der Waals surface area (Å²) in [4.78, 5) is 0. The lowest BCUT2D eigenvalue weighted by Gasteiger charge is -2.11. The summed E-state index contributed by atoms with van der Waals surface area (Å²) < 4.78 is 11.6. The summed E-state index contributed by atoms with van der Waals surface area (Å²) in [6.45, 7) is 10.0. The van der Waals surface area contributed by atoms with E-state index in [1.165, 1.54) is 5.56 Å². The van der Waals surface area contributed by atoms with E-state index in [4.69, 9.17) is 9.47 Å². The maximum Gasteiger partial charge on any atom is 0.127 e. The molecular formula is C17H25NO2. The van der Waals surface area contributed by atoms with Gasteiger partial charge in [0.2, 0.25) is 0 Å². The summed E-state index contributed by atoms with van der Waals surface area (Å²) in [5.74, 6) is 1.95. The topological polar surface area (TPSA) is 30.5 Å². The number of benzene rings is 1. The molecular weight excluding hydrogens is 250 g/mol. The average Bonchev–Trinajstić information content (AvgIpc) is 2.76. The number of fused-ring (bicyclic) bond motifs is 1. The molecule has 0 saturated carbocycles. The van der Waals surface area contributed by atoms with E-state index in [1.807, 2.05) is 6.92 Å². The Morgan fingerprint density at radius 2 is 2.25 bits per heavy atom. The van der Waals surface area contributed by atoms with Crippen molar-refractivity contribution in [2.45, 2.75) is 46.3 Å². The van der Waals surface area contributed by atoms with E-state index in [9.17, 15) is 0 Å². The normalized spacial score (nSPS) is 18.9. The minimum atomic E-state index is 0.263. The molecule has 1 heterocycles. The van der Waals surface area contributed by atoms with Gasteiger partial charge >= 0.3 is 0 Å². The van der Waals surface area contributed by atoms with Gasteiger partial charge in [0.1, 0.15) is 17.6 Å².